The Labute approximate surface area is 224 Å². The minimum Gasteiger partial charge on any atom is -0.466 e. The SMILES string of the molecule is CCCCCCCCCCCCCC(=O)OCCCCCCCCCC.OCCN(CCO)CCO. The number of aliphatic hydroxyl groups excluding tert-OH is 3. The van der Waals surface area contributed by atoms with Gasteiger partial charge in [0.1, 0.15) is 0 Å². The number of nitrogens with zero attached hydrogens (tertiary/aromatic N) is 1. The summed E-state index contributed by atoms with van der Waals surface area (Å²) in [7, 11) is 0. The molecule has 0 aliphatic heterocycles. The van der Waals surface area contributed by atoms with Gasteiger partial charge in [0, 0.05) is 26.1 Å². The standard InChI is InChI=1S/C24H48O2.C6H15NO3/c1-3-5-7-9-11-13-14-15-16-18-20-22-24(25)26-23-21-19-17-12-10-8-6-4-2;8-4-1-7(2-5-9)3-6-10/h3-23H2,1-2H3;8-10H,1-6H2. The smallest absolute Gasteiger partial charge is 0.305 e. The van der Waals surface area contributed by atoms with E-state index in [0.29, 0.717) is 32.7 Å². The molecule has 0 aromatic heterocycles. The molecule has 0 atom stereocenters. The number of carbonyl (C=O) groups excluding carboxylic acids is 1. The van der Waals surface area contributed by atoms with Crippen LogP contribution in [0, 0.1) is 0 Å². The third kappa shape index (κ3) is 33.3. The molecule has 0 aliphatic carbocycles. The number of esters is 1. The van der Waals surface area contributed by atoms with Gasteiger partial charge >= 0.3 is 5.97 Å². The van der Waals surface area contributed by atoms with Crippen molar-refractivity contribution in [3.63, 3.8) is 0 Å². The van der Waals surface area contributed by atoms with E-state index >= 15 is 0 Å². The number of hydrogen-bond donors (Lipinski definition) is 3. The van der Waals surface area contributed by atoms with Crippen molar-refractivity contribution in [2.45, 2.75) is 142 Å². The Morgan fingerprint density at radius 2 is 0.861 bits per heavy atom. The molecule has 0 aliphatic rings. The van der Waals surface area contributed by atoms with E-state index in [1.807, 2.05) is 0 Å². The Bertz CT molecular complexity index is 395. The number of unbranched alkanes of at least 4 members (excludes halogenated alkanes) is 17. The Morgan fingerprint density at radius 1 is 0.528 bits per heavy atom. The Kier molecular flexibility index (Phi) is 35.7. The monoisotopic (exact) mass is 517 g/mol. The lowest BCUT2D eigenvalue weighted by Crippen LogP contribution is -2.32. The van der Waals surface area contributed by atoms with Crippen molar-refractivity contribution in [1.82, 2.24) is 4.90 Å². The molecule has 6 nitrogen and oxygen atoms in total. The number of rotatable bonds is 27. The lowest BCUT2D eigenvalue weighted by atomic mass is 10.1. The van der Waals surface area contributed by atoms with E-state index in [0.717, 1.165) is 12.8 Å². The van der Waals surface area contributed by atoms with Gasteiger partial charge in [-0.25, -0.2) is 0 Å². The normalized spacial score (nSPS) is 10.9. The maximum absolute atomic E-state index is 11.7. The van der Waals surface area contributed by atoms with Crippen molar-refractivity contribution in [3.8, 4) is 0 Å². The first-order chi connectivity index (χ1) is 17.7. The molecule has 0 saturated carbocycles. The van der Waals surface area contributed by atoms with Gasteiger partial charge in [-0.3, -0.25) is 9.69 Å². The fourth-order valence-corrected chi connectivity index (χ4v) is 4.19. The Morgan fingerprint density at radius 3 is 1.22 bits per heavy atom. The zero-order chi connectivity index (χ0) is 27.0. The molecule has 3 N–H and O–H groups in total. The van der Waals surface area contributed by atoms with E-state index in [1.165, 1.54) is 109 Å². The van der Waals surface area contributed by atoms with Gasteiger partial charge < -0.3 is 20.1 Å². The molecular weight excluding hydrogens is 454 g/mol. The van der Waals surface area contributed by atoms with Crippen molar-refractivity contribution < 1.29 is 24.9 Å². The van der Waals surface area contributed by atoms with Crippen molar-refractivity contribution in [1.29, 1.82) is 0 Å². The van der Waals surface area contributed by atoms with Crippen molar-refractivity contribution >= 4 is 5.97 Å². The van der Waals surface area contributed by atoms with E-state index < -0.39 is 0 Å². The van der Waals surface area contributed by atoms with Gasteiger partial charge in [-0.15, -0.1) is 0 Å². The molecule has 0 aromatic rings. The summed E-state index contributed by atoms with van der Waals surface area (Å²) in [5, 5.41) is 25.5. The van der Waals surface area contributed by atoms with Crippen LogP contribution in [0.25, 0.3) is 0 Å². The van der Waals surface area contributed by atoms with E-state index in [4.69, 9.17) is 20.1 Å². The van der Waals surface area contributed by atoms with Crippen LogP contribution in [0.4, 0.5) is 0 Å². The predicted octanol–water partition coefficient (Wildman–Crippen LogP) is 6.64. The molecule has 0 fully saturated rings. The average Bonchev–Trinajstić information content (AvgIpc) is 2.87. The third-order valence-corrected chi connectivity index (χ3v) is 6.49. The number of ether oxygens (including phenoxy) is 1. The lowest BCUT2D eigenvalue weighted by Gasteiger charge is -2.17. The lowest BCUT2D eigenvalue weighted by molar-refractivity contribution is -0.143. The molecule has 0 saturated heterocycles. The van der Waals surface area contributed by atoms with Gasteiger partial charge in [-0.1, -0.05) is 123 Å². The second-order valence-corrected chi connectivity index (χ2v) is 9.99. The summed E-state index contributed by atoms with van der Waals surface area (Å²) in [5.74, 6) is 0.0175. The van der Waals surface area contributed by atoms with Crippen LogP contribution in [0.3, 0.4) is 0 Å². The first-order valence-electron chi connectivity index (χ1n) is 15.4. The van der Waals surface area contributed by atoms with Gasteiger partial charge in [-0.2, -0.15) is 0 Å². The highest BCUT2D eigenvalue weighted by atomic mass is 16.5. The van der Waals surface area contributed by atoms with Crippen LogP contribution in [-0.2, 0) is 9.53 Å². The van der Waals surface area contributed by atoms with Gasteiger partial charge in [-0.05, 0) is 12.8 Å². The van der Waals surface area contributed by atoms with E-state index in [-0.39, 0.29) is 25.8 Å². The topological polar surface area (TPSA) is 90.2 Å². The summed E-state index contributed by atoms with van der Waals surface area (Å²) in [5.41, 5.74) is 0. The zero-order valence-electron chi connectivity index (χ0n) is 24.2. The van der Waals surface area contributed by atoms with Crippen LogP contribution in [0.15, 0.2) is 0 Å². The molecule has 218 valence electrons. The number of aliphatic hydroxyl groups is 3. The molecule has 36 heavy (non-hydrogen) atoms. The molecule has 0 rings (SSSR count). The molecule has 0 unspecified atom stereocenters. The number of carbonyl (C=O) groups is 1. The van der Waals surface area contributed by atoms with Crippen LogP contribution >= 0.6 is 0 Å². The molecule has 0 heterocycles. The Hall–Kier alpha value is -0.690. The predicted molar refractivity (Wildman–Crippen MR) is 152 cm³/mol. The van der Waals surface area contributed by atoms with Gasteiger partial charge in [0.25, 0.3) is 0 Å². The summed E-state index contributed by atoms with van der Waals surface area (Å²) in [6.07, 6.45) is 25.5. The van der Waals surface area contributed by atoms with Crippen molar-refractivity contribution in [2.24, 2.45) is 0 Å². The first kappa shape index (κ1) is 37.5. The average molecular weight is 518 g/mol. The largest absolute Gasteiger partial charge is 0.466 e. The highest BCUT2D eigenvalue weighted by Gasteiger charge is 2.03. The fraction of sp³-hybridized carbons (Fsp3) is 0.967. The second kappa shape index (κ2) is 34.3. The number of hydrogen-bond acceptors (Lipinski definition) is 6. The van der Waals surface area contributed by atoms with Crippen LogP contribution in [0.2, 0.25) is 0 Å². The molecule has 0 radical (unpaired) electrons. The van der Waals surface area contributed by atoms with Crippen LogP contribution < -0.4 is 0 Å². The maximum atomic E-state index is 11.7. The zero-order valence-corrected chi connectivity index (χ0v) is 24.2. The van der Waals surface area contributed by atoms with Gasteiger partial charge in [0.05, 0.1) is 26.4 Å². The van der Waals surface area contributed by atoms with Crippen molar-refractivity contribution in [2.75, 3.05) is 46.1 Å². The maximum Gasteiger partial charge on any atom is 0.305 e. The second-order valence-electron chi connectivity index (χ2n) is 9.99. The molecule has 0 bridgehead atoms. The third-order valence-electron chi connectivity index (χ3n) is 6.49. The summed E-state index contributed by atoms with van der Waals surface area (Å²) in [4.78, 5) is 13.5. The van der Waals surface area contributed by atoms with Crippen LogP contribution in [0.5, 0.6) is 0 Å². The van der Waals surface area contributed by atoms with E-state index in [2.05, 4.69) is 13.8 Å². The van der Waals surface area contributed by atoms with Crippen LogP contribution in [0.1, 0.15) is 142 Å². The highest BCUT2D eigenvalue weighted by Crippen LogP contribution is 2.12. The van der Waals surface area contributed by atoms with Crippen LogP contribution in [-0.4, -0.2) is 72.3 Å². The highest BCUT2D eigenvalue weighted by molar-refractivity contribution is 5.69. The first-order valence-corrected chi connectivity index (χ1v) is 15.4. The summed E-state index contributed by atoms with van der Waals surface area (Å²) in [6, 6.07) is 0. The minimum atomic E-state index is 0.0175. The van der Waals surface area contributed by atoms with E-state index in [1.54, 1.807) is 4.90 Å². The summed E-state index contributed by atoms with van der Waals surface area (Å²) >= 11 is 0. The summed E-state index contributed by atoms with van der Waals surface area (Å²) < 4.78 is 5.34. The molecule has 0 amide bonds. The molecule has 0 spiro atoms. The molecule has 6 heteroatoms. The van der Waals surface area contributed by atoms with Gasteiger partial charge in [0.15, 0.2) is 0 Å². The minimum absolute atomic E-state index is 0.0175. The fourth-order valence-electron chi connectivity index (χ4n) is 4.19. The van der Waals surface area contributed by atoms with Gasteiger partial charge in [0.2, 0.25) is 0 Å². The quantitative estimate of drug-likeness (QED) is 0.0836. The summed E-state index contributed by atoms with van der Waals surface area (Å²) in [6.45, 7) is 6.91. The Balaban J connectivity index is 0. The van der Waals surface area contributed by atoms with E-state index in [9.17, 15) is 4.79 Å². The molecule has 0 aromatic carbocycles. The molecular formula is C30H63NO5. The van der Waals surface area contributed by atoms with Crippen molar-refractivity contribution in [3.05, 3.63) is 0 Å².